The van der Waals surface area contributed by atoms with Crippen molar-refractivity contribution >= 4 is 5.78 Å². The first-order chi connectivity index (χ1) is 18.2. The topological polar surface area (TPSA) is 63.0 Å². The molecule has 1 aromatic heterocycles. The number of nitriles is 1. The highest BCUT2D eigenvalue weighted by atomic mass is 16.5. The van der Waals surface area contributed by atoms with E-state index in [2.05, 4.69) is 44.5 Å². The molecular formula is C34H46N2O2. The SMILES string of the molecule is C=C(/C=C(C#N)\C=C/CC)CC(C)CC.CC.COc1c(C)cccc1-c1ccc(C(C)=O)nc1C1CC1. The van der Waals surface area contributed by atoms with Gasteiger partial charge in [0.2, 0.25) is 0 Å². The second kappa shape index (κ2) is 17.1. The molecule has 4 heteroatoms. The second-order valence-corrected chi connectivity index (χ2v) is 9.51. The van der Waals surface area contributed by atoms with Gasteiger partial charge in [-0.25, -0.2) is 4.98 Å². The van der Waals surface area contributed by atoms with Crippen molar-refractivity contribution in [3.8, 4) is 22.9 Å². The molecule has 1 atom stereocenters. The number of hydrogen-bond donors (Lipinski definition) is 0. The predicted molar refractivity (Wildman–Crippen MR) is 161 cm³/mol. The van der Waals surface area contributed by atoms with E-state index in [0.717, 1.165) is 65.8 Å². The minimum Gasteiger partial charge on any atom is -0.496 e. The van der Waals surface area contributed by atoms with Crippen LogP contribution in [0.25, 0.3) is 11.1 Å². The second-order valence-electron chi connectivity index (χ2n) is 9.51. The number of ketones is 1. The summed E-state index contributed by atoms with van der Waals surface area (Å²) < 4.78 is 5.57. The molecule has 3 rings (SSSR count). The maximum Gasteiger partial charge on any atom is 0.178 e. The number of carbonyl (C=O) groups excluding carboxylic acids is 1. The molecule has 0 radical (unpaired) electrons. The summed E-state index contributed by atoms with van der Waals surface area (Å²) in [5, 5.41) is 8.88. The Balaban J connectivity index is 0.000000378. The summed E-state index contributed by atoms with van der Waals surface area (Å²) in [5.41, 5.74) is 6.57. The number of pyridine rings is 1. The van der Waals surface area contributed by atoms with Gasteiger partial charge in [-0.1, -0.05) is 83.5 Å². The molecular weight excluding hydrogens is 468 g/mol. The molecule has 0 spiro atoms. The Labute approximate surface area is 231 Å². The van der Waals surface area contributed by atoms with Crippen LogP contribution in [0.3, 0.4) is 0 Å². The van der Waals surface area contributed by atoms with E-state index in [9.17, 15) is 4.79 Å². The number of hydrogen-bond acceptors (Lipinski definition) is 4. The summed E-state index contributed by atoms with van der Waals surface area (Å²) in [6, 6.07) is 12.1. The first-order valence-corrected chi connectivity index (χ1v) is 13.9. The Bertz CT molecular complexity index is 1160. The molecule has 1 saturated carbocycles. The van der Waals surface area contributed by atoms with Crippen molar-refractivity contribution in [2.24, 2.45) is 5.92 Å². The summed E-state index contributed by atoms with van der Waals surface area (Å²) in [4.78, 5) is 16.2. The Hall–Kier alpha value is -3.45. The van der Waals surface area contributed by atoms with Crippen LogP contribution in [0.15, 0.2) is 66.3 Å². The summed E-state index contributed by atoms with van der Waals surface area (Å²) in [5.74, 6) is 2.02. The zero-order chi connectivity index (χ0) is 28.7. The molecule has 1 unspecified atom stereocenters. The number of Topliss-reactive ketones (excluding diaryl/α,β-unsaturated/α-hetero) is 1. The van der Waals surface area contributed by atoms with Crippen molar-refractivity contribution in [2.75, 3.05) is 7.11 Å². The summed E-state index contributed by atoms with van der Waals surface area (Å²) in [7, 11) is 1.69. The van der Waals surface area contributed by atoms with Crippen LogP contribution in [0, 0.1) is 24.2 Å². The molecule has 1 heterocycles. The first kappa shape index (κ1) is 32.6. The van der Waals surface area contributed by atoms with E-state index < -0.39 is 0 Å². The molecule has 0 amide bonds. The fourth-order valence-corrected chi connectivity index (χ4v) is 3.94. The van der Waals surface area contributed by atoms with Gasteiger partial charge in [0.05, 0.1) is 24.4 Å². The van der Waals surface area contributed by atoms with Crippen molar-refractivity contribution in [1.29, 1.82) is 5.26 Å². The smallest absolute Gasteiger partial charge is 0.178 e. The van der Waals surface area contributed by atoms with E-state index in [4.69, 9.17) is 10.00 Å². The lowest BCUT2D eigenvalue weighted by Crippen LogP contribution is -2.02. The number of benzene rings is 1. The van der Waals surface area contributed by atoms with Crippen molar-refractivity contribution in [1.82, 2.24) is 4.98 Å². The lowest BCUT2D eigenvalue weighted by molar-refractivity contribution is 0.101. The molecule has 0 bridgehead atoms. The number of ether oxygens (including phenoxy) is 1. The number of carbonyl (C=O) groups is 1. The van der Waals surface area contributed by atoms with Crippen LogP contribution in [0.5, 0.6) is 5.75 Å². The van der Waals surface area contributed by atoms with Crippen molar-refractivity contribution in [3.63, 3.8) is 0 Å². The van der Waals surface area contributed by atoms with E-state index >= 15 is 0 Å². The van der Waals surface area contributed by atoms with E-state index in [0.29, 0.717) is 23.1 Å². The Morgan fingerprint density at radius 1 is 1.21 bits per heavy atom. The van der Waals surface area contributed by atoms with Crippen molar-refractivity contribution < 1.29 is 9.53 Å². The number of rotatable bonds is 10. The summed E-state index contributed by atoms with van der Waals surface area (Å²) in [6.45, 7) is 18.0. The van der Waals surface area contributed by atoms with E-state index in [1.165, 1.54) is 0 Å². The lowest BCUT2D eigenvalue weighted by Gasteiger charge is -2.14. The van der Waals surface area contributed by atoms with Crippen LogP contribution >= 0.6 is 0 Å². The highest BCUT2D eigenvalue weighted by molar-refractivity contribution is 5.92. The average molecular weight is 515 g/mol. The Kier molecular flexibility index (Phi) is 14.7. The minimum absolute atomic E-state index is 0.0136. The highest BCUT2D eigenvalue weighted by Gasteiger charge is 2.29. The van der Waals surface area contributed by atoms with Crippen LogP contribution in [0.4, 0.5) is 0 Å². The number of nitrogens with zero attached hydrogens (tertiary/aromatic N) is 2. The fraction of sp³-hybridized carbons (Fsp3) is 0.441. The van der Waals surface area contributed by atoms with Gasteiger partial charge in [-0.15, -0.1) is 0 Å². The molecule has 1 aliphatic rings. The third-order valence-corrected chi connectivity index (χ3v) is 6.29. The third-order valence-electron chi connectivity index (χ3n) is 6.29. The quantitative estimate of drug-likeness (QED) is 0.180. The largest absolute Gasteiger partial charge is 0.496 e. The summed E-state index contributed by atoms with van der Waals surface area (Å²) in [6.07, 6.45) is 11.1. The van der Waals surface area contributed by atoms with Crippen LogP contribution in [-0.2, 0) is 0 Å². The Morgan fingerprint density at radius 3 is 2.42 bits per heavy atom. The number of para-hydroxylation sites is 1. The van der Waals surface area contributed by atoms with Crippen LogP contribution in [0.2, 0.25) is 0 Å². The normalized spacial score (nSPS) is 13.4. The zero-order valence-electron chi connectivity index (χ0n) is 24.7. The molecule has 1 aliphatic carbocycles. The van der Waals surface area contributed by atoms with Gasteiger partial charge in [-0.3, -0.25) is 4.79 Å². The molecule has 0 saturated heterocycles. The molecule has 38 heavy (non-hydrogen) atoms. The van der Waals surface area contributed by atoms with Gasteiger partial charge < -0.3 is 4.74 Å². The van der Waals surface area contributed by atoms with E-state index in [1.54, 1.807) is 14.0 Å². The van der Waals surface area contributed by atoms with Gasteiger partial charge in [0.1, 0.15) is 11.4 Å². The molecule has 2 aromatic rings. The first-order valence-electron chi connectivity index (χ1n) is 13.9. The average Bonchev–Trinajstić information content (AvgIpc) is 3.77. The molecule has 0 N–H and O–H groups in total. The number of aryl methyl sites for hydroxylation is 1. The molecule has 0 aliphatic heterocycles. The highest BCUT2D eigenvalue weighted by Crippen LogP contribution is 2.45. The van der Waals surface area contributed by atoms with Gasteiger partial charge >= 0.3 is 0 Å². The van der Waals surface area contributed by atoms with Gasteiger partial charge in [0.15, 0.2) is 5.78 Å². The number of methoxy groups -OCH3 is 1. The van der Waals surface area contributed by atoms with Gasteiger partial charge in [-0.05, 0) is 62.3 Å². The standard InChI is InChI=1S/C18H19NO2.C14H21N.C2H6/c1-11-5-4-6-15(18(11)21-3)14-9-10-16(12(2)20)19-17(14)13-7-8-13;1-5-7-8-14(11-15)10-13(4)9-12(3)6-2;1-2/h4-6,9-10,13H,7-8H2,1-3H3;7-8,10,12H,4-6,9H2,1-3H3;1-2H3/b;8-7-,14-10+;. The van der Waals surface area contributed by atoms with Crippen LogP contribution < -0.4 is 4.74 Å². The molecule has 204 valence electrons. The van der Waals surface area contributed by atoms with Gasteiger partial charge in [-0.2, -0.15) is 5.26 Å². The Morgan fingerprint density at radius 2 is 1.89 bits per heavy atom. The fourth-order valence-electron chi connectivity index (χ4n) is 3.94. The minimum atomic E-state index is 0.0136. The van der Waals surface area contributed by atoms with E-state index in [1.807, 2.05) is 63.3 Å². The molecule has 1 fully saturated rings. The third kappa shape index (κ3) is 10.1. The maximum absolute atomic E-state index is 11.6. The summed E-state index contributed by atoms with van der Waals surface area (Å²) >= 11 is 0. The molecule has 4 nitrogen and oxygen atoms in total. The van der Waals surface area contributed by atoms with Crippen LogP contribution in [-0.4, -0.2) is 17.9 Å². The predicted octanol–water partition coefficient (Wildman–Crippen LogP) is 9.57. The molecule has 1 aromatic carbocycles. The lowest BCUT2D eigenvalue weighted by atomic mass is 9.97. The maximum atomic E-state index is 11.6. The van der Waals surface area contributed by atoms with E-state index in [-0.39, 0.29) is 5.78 Å². The number of aromatic nitrogens is 1. The van der Waals surface area contributed by atoms with Crippen molar-refractivity contribution in [2.45, 2.75) is 86.5 Å². The monoisotopic (exact) mass is 514 g/mol. The zero-order valence-corrected chi connectivity index (χ0v) is 24.7. The number of allylic oxidation sites excluding steroid dienone is 5. The van der Waals surface area contributed by atoms with Gasteiger partial charge in [0, 0.05) is 24.0 Å². The van der Waals surface area contributed by atoms with Crippen molar-refractivity contribution in [3.05, 3.63) is 83.2 Å². The van der Waals surface area contributed by atoms with Gasteiger partial charge in [0.25, 0.3) is 0 Å². The van der Waals surface area contributed by atoms with Crippen LogP contribution in [0.1, 0.15) is 101 Å².